The van der Waals surface area contributed by atoms with E-state index >= 15 is 0 Å². The lowest BCUT2D eigenvalue weighted by molar-refractivity contribution is 0.0873. The summed E-state index contributed by atoms with van der Waals surface area (Å²) in [6.45, 7) is 0. The molecular weight excluding hydrogens is 300 g/mol. The van der Waals surface area contributed by atoms with Gasteiger partial charge in [0.25, 0.3) is 5.91 Å². The van der Waals surface area contributed by atoms with Gasteiger partial charge in [-0.25, -0.2) is 0 Å². The number of carbonyl (C=O) groups is 1. The number of nitrogens with zero attached hydrogens (tertiary/aromatic N) is 1. The molecule has 0 radical (unpaired) electrons. The molecule has 114 valence electrons. The highest BCUT2D eigenvalue weighted by atomic mass is 35.5. The number of benzene rings is 1. The Morgan fingerprint density at radius 3 is 2.82 bits per heavy atom. The molecule has 0 bridgehead atoms. The normalized spacial score (nSPS) is 20.8. The lowest BCUT2D eigenvalue weighted by Gasteiger charge is -2.17. The van der Waals surface area contributed by atoms with Crippen LogP contribution in [-0.4, -0.2) is 28.1 Å². The lowest BCUT2D eigenvalue weighted by Crippen LogP contribution is -2.39. The fourth-order valence-corrected chi connectivity index (χ4v) is 2.95. The molecule has 1 heterocycles. The monoisotopic (exact) mass is 316 g/mol. The summed E-state index contributed by atoms with van der Waals surface area (Å²) in [5.74, 6) is -0.256. The Labute approximate surface area is 134 Å². The summed E-state index contributed by atoms with van der Waals surface area (Å²) < 4.78 is 0. The molecule has 1 aliphatic carbocycles. The predicted molar refractivity (Wildman–Crippen MR) is 85.8 cm³/mol. The molecule has 1 amide bonds. The molecule has 2 aromatic rings. The maximum absolute atomic E-state index is 12.4. The largest absolute Gasteiger partial charge is 0.391 e. The van der Waals surface area contributed by atoms with Crippen molar-refractivity contribution in [2.24, 2.45) is 0 Å². The molecule has 4 nitrogen and oxygen atoms in total. The second-order valence-electron chi connectivity index (χ2n) is 5.49. The molecule has 1 aromatic heterocycles. The average molecular weight is 317 g/mol. The van der Waals surface area contributed by atoms with Crippen molar-refractivity contribution in [1.29, 1.82) is 0 Å². The van der Waals surface area contributed by atoms with Gasteiger partial charge in [-0.15, -0.1) is 0 Å². The van der Waals surface area contributed by atoms with Crippen LogP contribution in [0.25, 0.3) is 11.3 Å². The summed E-state index contributed by atoms with van der Waals surface area (Å²) in [7, 11) is 0. The summed E-state index contributed by atoms with van der Waals surface area (Å²) in [4.78, 5) is 16.7. The summed E-state index contributed by atoms with van der Waals surface area (Å²) in [6.07, 6.45) is 3.69. The third kappa shape index (κ3) is 3.13. The van der Waals surface area contributed by atoms with E-state index in [0.717, 1.165) is 30.5 Å². The minimum absolute atomic E-state index is 0.193. The second kappa shape index (κ2) is 6.46. The molecule has 1 aliphatic rings. The Morgan fingerprint density at radius 1 is 1.27 bits per heavy atom. The average Bonchev–Trinajstić information content (AvgIpc) is 2.93. The van der Waals surface area contributed by atoms with Gasteiger partial charge in [-0.1, -0.05) is 23.7 Å². The van der Waals surface area contributed by atoms with Crippen LogP contribution in [0.1, 0.15) is 29.6 Å². The molecule has 2 N–H and O–H groups in total. The van der Waals surface area contributed by atoms with Gasteiger partial charge in [0.1, 0.15) is 0 Å². The van der Waals surface area contributed by atoms with Crippen LogP contribution in [0.15, 0.2) is 42.6 Å². The Hall–Kier alpha value is -1.91. The van der Waals surface area contributed by atoms with Gasteiger partial charge >= 0.3 is 0 Å². The van der Waals surface area contributed by atoms with Crippen molar-refractivity contribution in [2.75, 3.05) is 0 Å². The molecule has 0 aliphatic heterocycles. The number of pyridine rings is 1. The van der Waals surface area contributed by atoms with Crippen molar-refractivity contribution in [3.63, 3.8) is 0 Å². The van der Waals surface area contributed by atoms with Gasteiger partial charge in [-0.2, -0.15) is 0 Å². The van der Waals surface area contributed by atoms with E-state index < -0.39 is 6.10 Å². The summed E-state index contributed by atoms with van der Waals surface area (Å²) in [5, 5.41) is 13.1. The second-order valence-corrected chi connectivity index (χ2v) is 5.90. The van der Waals surface area contributed by atoms with Crippen molar-refractivity contribution < 1.29 is 9.90 Å². The molecule has 5 heteroatoms. The highest BCUT2D eigenvalue weighted by molar-refractivity contribution is 6.34. The molecule has 3 rings (SSSR count). The van der Waals surface area contributed by atoms with Gasteiger partial charge in [0.15, 0.2) is 0 Å². The first-order chi connectivity index (χ1) is 10.6. The van der Waals surface area contributed by atoms with Crippen LogP contribution < -0.4 is 5.32 Å². The number of halogens is 1. The van der Waals surface area contributed by atoms with E-state index in [2.05, 4.69) is 10.3 Å². The molecule has 1 aromatic carbocycles. The number of carbonyl (C=O) groups excluding carboxylic acids is 1. The fraction of sp³-hybridized carbons (Fsp3) is 0.294. The minimum atomic E-state index is -0.471. The first kappa shape index (κ1) is 15.0. The van der Waals surface area contributed by atoms with Gasteiger partial charge in [-0.05, 0) is 43.5 Å². The number of amides is 1. The Balaban J connectivity index is 1.85. The number of hydrogen-bond acceptors (Lipinski definition) is 3. The number of nitrogens with one attached hydrogen (secondary N) is 1. The van der Waals surface area contributed by atoms with Crippen LogP contribution in [0.4, 0.5) is 0 Å². The molecule has 1 saturated carbocycles. The zero-order valence-corrected chi connectivity index (χ0v) is 12.8. The van der Waals surface area contributed by atoms with E-state index in [1.165, 1.54) is 0 Å². The van der Waals surface area contributed by atoms with Crippen molar-refractivity contribution in [1.82, 2.24) is 10.3 Å². The van der Waals surface area contributed by atoms with Gasteiger partial charge in [0, 0.05) is 11.8 Å². The van der Waals surface area contributed by atoms with Gasteiger partial charge in [0.05, 0.1) is 28.4 Å². The molecule has 0 spiro atoms. The Morgan fingerprint density at radius 2 is 2.14 bits per heavy atom. The summed E-state index contributed by atoms with van der Waals surface area (Å²) in [5.41, 5.74) is 2.03. The predicted octanol–water partition coefficient (Wildman–Crippen LogP) is 3.05. The molecule has 2 unspecified atom stereocenters. The molecule has 0 saturated heterocycles. The van der Waals surface area contributed by atoms with Crippen LogP contribution >= 0.6 is 11.6 Å². The lowest BCUT2D eigenvalue weighted by atomic mass is 10.1. The van der Waals surface area contributed by atoms with Crippen LogP contribution in [0.3, 0.4) is 0 Å². The zero-order chi connectivity index (χ0) is 15.5. The maximum atomic E-state index is 12.4. The highest BCUT2D eigenvalue weighted by Crippen LogP contribution is 2.25. The molecular formula is C17H17ClN2O2. The fourth-order valence-electron chi connectivity index (χ4n) is 2.75. The maximum Gasteiger partial charge on any atom is 0.253 e. The van der Waals surface area contributed by atoms with Crippen LogP contribution in [0, 0.1) is 0 Å². The molecule has 1 fully saturated rings. The van der Waals surface area contributed by atoms with Gasteiger partial charge in [0.2, 0.25) is 0 Å². The smallest absolute Gasteiger partial charge is 0.253 e. The van der Waals surface area contributed by atoms with Crippen molar-refractivity contribution in [3.8, 4) is 11.3 Å². The SMILES string of the molecule is O=C(NC1CCCC1O)c1cc(-c2ccccn2)ccc1Cl. The number of hydrogen-bond donors (Lipinski definition) is 2. The zero-order valence-electron chi connectivity index (χ0n) is 12.0. The molecule has 2 atom stereocenters. The van der Waals surface area contributed by atoms with Gasteiger partial charge < -0.3 is 10.4 Å². The Kier molecular flexibility index (Phi) is 4.41. The van der Waals surface area contributed by atoms with E-state index in [9.17, 15) is 9.90 Å². The van der Waals surface area contributed by atoms with Gasteiger partial charge in [-0.3, -0.25) is 9.78 Å². The van der Waals surface area contributed by atoms with E-state index in [4.69, 9.17) is 11.6 Å². The van der Waals surface area contributed by atoms with Crippen molar-refractivity contribution in [2.45, 2.75) is 31.4 Å². The number of aliphatic hydroxyl groups excluding tert-OH is 1. The summed E-state index contributed by atoms with van der Waals surface area (Å²) in [6, 6.07) is 10.7. The number of aromatic nitrogens is 1. The minimum Gasteiger partial charge on any atom is -0.391 e. The topological polar surface area (TPSA) is 62.2 Å². The third-order valence-corrected chi connectivity index (χ3v) is 4.30. The Bertz CT molecular complexity index is 676. The first-order valence-corrected chi connectivity index (χ1v) is 7.73. The standard InChI is InChI=1S/C17H17ClN2O2/c18-13-8-7-11(14-4-1-2-9-19-14)10-12(13)17(22)20-15-5-3-6-16(15)21/h1-2,4,7-10,15-16,21H,3,5-6H2,(H,20,22). The quantitative estimate of drug-likeness (QED) is 0.915. The van der Waals surface area contributed by atoms with E-state index in [-0.39, 0.29) is 11.9 Å². The number of rotatable bonds is 3. The number of aliphatic hydroxyl groups is 1. The first-order valence-electron chi connectivity index (χ1n) is 7.35. The van der Waals surface area contributed by atoms with E-state index in [1.807, 2.05) is 24.3 Å². The van der Waals surface area contributed by atoms with E-state index in [1.54, 1.807) is 18.3 Å². The third-order valence-electron chi connectivity index (χ3n) is 3.97. The van der Waals surface area contributed by atoms with Crippen LogP contribution in [0.5, 0.6) is 0 Å². The summed E-state index contributed by atoms with van der Waals surface area (Å²) >= 11 is 6.16. The van der Waals surface area contributed by atoms with Crippen LogP contribution in [-0.2, 0) is 0 Å². The highest BCUT2D eigenvalue weighted by Gasteiger charge is 2.27. The van der Waals surface area contributed by atoms with Crippen LogP contribution in [0.2, 0.25) is 5.02 Å². The van der Waals surface area contributed by atoms with Crippen molar-refractivity contribution in [3.05, 3.63) is 53.2 Å². The molecule has 22 heavy (non-hydrogen) atoms. The van der Waals surface area contributed by atoms with Crippen molar-refractivity contribution >= 4 is 17.5 Å². The van der Waals surface area contributed by atoms with E-state index in [0.29, 0.717) is 10.6 Å².